The van der Waals surface area contributed by atoms with E-state index in [1.165, 1.54) is 4.31 Å². The van der Waals surface area contributed by atoms with Gasteiger partial charge in [-0.15, -0.1) is 0 Å². The molecule has 1 N–H and O–H groups in total. The summed E-state index contributed by atoms with van der Waals surface area (Å²) in [5, 5.41) is 9.54. The standard InChI is InChI=1S/C14H26N2O5S/c1-14(2,3)21-13(18)15-8-12(10-17)16-9-11(15)6-4-5-7-22(16,19)20/h11-12,17H,4-10H2,1-3H3/t11-,12-/m1/s1. The van der Waals surface area contributed by atoms with Crippen LogP contribution in [0.1, 0.15) is 40.0 Å². The molecule has 2 fully saturated rings. The Morgan fingerprint density at radius 3 is 2.55 bits per heavy atom. The lowest BCUT2D eigenvalue weighted by atomic mass is 10.0. The molecule has 0 aromatic rings. The van der Waals surface area contributed by atoms with Crippen LogP contribution in [-0.2, 0) is 14.8 Å². The molecule has 1 amide bonds. The van der Waals surface area contributed by atoms with Gasteiger partial charge in [0.05, 0.1) is 18.4 Å². The van der Waals surface area contributed by atoms with Gasteiger partial charge in [-0.2, -0.15) is 4.31 Å². The Balaban J connectivity index is 2.23. The molecule has 0 aliphatic carbocycles. The highest BCUT2D eigenvalue weighted by atomic mass is 32.2. The van der Waals surface area contributed by atoms with Crippen molar-refractivity contribution >= 4 is 16.1 Å². The van der Waals surface area contributed by atoms with Gasteiger partial charge in [-0.25, -0.2) is 13.2 Å². The number of rotatable bonds is 1. The summed E-state index contributed by atoms with van der Waals surface area (Å²) >= 11 is 0. The van der Waals surface area contributed by atoms with E-state index in [1.807, 2.05) is 0 Å². The van der Waals surface area contributed by atoms with Gasteiger partial charge in [0.25, 0.3) is 0 Å². The Morgan fingerprint density at radius 2 is 1.95 bits per heavy atom. The van der Waals surface area contributed by atoms with E-state index >= 15 is 0 Å². The first-order chi connectivity index (χ1) is 10.1. The van der Waals surface area contributed by atoms with E-state index in [0.29, 0.717) is 6.42 Å². The van der Waals surface area contributed by atoms with Crippen molar-refractivity contribution < 1.29 is 23.1 Å². The van der Waals surface area contributed by atoms with Gasteiger partial charge in [-0.05, 0) is 33.6 Å². The average molecular weight is 334 g/mol. The number of piperazine rings is 1. The summed E-state index contributed by atoms with van der Waals surface area (Å²) in [6.45, 7) is 5.52. The maximum Gasteiger partial charge on any atom is 0.410 e. The molecular weight excluding hydrogens is 308 g/mol. The second-order valence-corrected chi connectivity index (χ2v) is 9.05. The molecule has 0 radical (unpaired) electrons. The van der Waals surface area contributed by atoms with Crippen molar-refractivity contribution in [2.75, 3.05) is 25.4 Å². The summed E-state index contributed by atoms with van der Waals surface area (Å²) in [6, 6.07) is -0.778. The van der Waals surface area contributed by atoms with E-state index in [1.54, 1.807) is 25.7 Å². The number of hydrogen-bond donors (Lipinski definition) is 1. The highest BCUT2D eigenvalue weighted by Gasteiger charge is 2.43. The summed E-state index contributed by atoms with van der Waals surface area (Å²) in [7, 11) is -3.37. The van der Waals surface area contributed by atoms with Crippen LogP contribution >= 0.6 is 0 Å². The van der Waals surface area contributed by atoms with Crippen LogP contribution in [0.5, 0.6) is 0 Å². The van der Waals surface area contributed by atoms with E-state index in [-0.39, 0.29) is 31.5 Å². The summed E-state index contributed by atoms with van der Waals surface area (Å²) in [5.41, 5.74) is -0.601. The first-order valence-corrected chi connectivity index (χ1v) is 9.35. The number of nitrogens with zero attached hydrogens (tertiary/aromatic N) is 2. The molecule has 2 heterocycles. The Hall–Kier alpha value is -0.860. The maximum absolute atomic E-state index is 12.4. The monoisotopic (exact) mass is 334 g/mol. The van der Waals surface area contributed by atoms with E-state index in [0.717, 1.165) is 12.8 Å². The SMILES string of the molecule is CC(C)(C)OC(=O)N1C[C@H](CO)N2C[C@H]1CCCCS2(=O)=O. The Morgan fingerprint density at radius 1 is 1.27 bits per heavy atom. The largest absolute Gasteiger partial charge is 0.444 e. The van der Waals surface area contributed by atoms with Gasteiger partial charge in [-0.3, -0.25) is 0 Å². The van der Waals surface area contributed by atoms with Gasteiger partial charge < -0.3 is 14.7 Å². The number of fused-ring (bicyclic) bond motifs is 2. The highest BCUT2D eigenvalue weighted by Crippen LogP contribution is 2.27. The van der Waals surface area contributed by atoms with Crippen LogP contribution in [0.2, 0.25) is 0 Å². The minimum Gasteiger partial charge on any atom is -0.444 e. The molecule has 7 nitrogen and oxygen atoms in total. The number of hydrogen-bond acceptors (Lipinski definition) is 5. The predicted molar refractivity (Wildman–Crippen MR) is 81.9 cm³/mol. The Kier molecular flexibility index (Phi) is 5.03. The number of aliphatic hydroxyl groups is 1. The van der Waals surface area contributed by atoms with Crippen molar-refractivity contribution in [3.05, 3.63) is 0 Å². The fourth-order valence-corrected chi connectivity index (χ4v) is 4.78. The number of carbonyl (C=O) groups excluding carboxylic acids is 1. The molecule has 2 bridgehead atoms. The van der Waals surface area contributed by atoms with Crippen molar-refractivity contribution in [1.82, 2.24) is 9.21 Å². The first kappa shape index (κ1) is 17.5. The van der Waals surface area contributed by atoms with E-state index in [4.69, 9.17) is 4.74 Å². The maximum atomic E-state index is 12.4. The molecule has 128 valence electrons. The number of sulfonamides is 1. The normalized spacial score (nSPS) is 32.0. The molecule has 0 aromatic carbocycles. The van der Waals surface area contributed by atoms with Gasteiger partial charge in [-0.1, -0.05) is 6.42 Å². The predicted octanol–water partition coefficient (Wildman–Crippen LogP) is 0.782. The average Bonchev–Trinajstić information content (AvgIpc) is 2.39. The molecular formula is C14H26N2O5S. The smallest absolute Gasteiger partial charge is 0.410 e. The van der Waals surface area contributed by atoms with Gasteiger partial charge >= 0.3 is 6.09 Å². The van der Waals surface area contributed by atoms with Crippen molar-refractivity contribution in [3.8, 4) is 0 Å². The molecule has 22 heavy (non-hydrogen) atoms. The topological polar surface area (TPSA) is 87.2 Å². The van der Waals surface area contributed by atoms with Crippen LogP contribution in [0.4, 0.5) is 4.79 Å². The molecule has 0 spiro atoms. The van der Waals surface area contributed by atoms with Gasteiger partial charge in [0.1, 0.15) is 5.60 Å². The van der Waals surface area contributed by atoms with Crippen LogP contribution in [0, 0.1) is 0 Å². The zero-order valence-corrected chi connectivity index (χ0v) is 14.3. The van der Waals surface area contributed by atoms with E-state index < -0.39 is 27.8 Å². The second-order valence-electron chi connectivity index (χ2n) is 7.00. The van der Waals surface area contributed by atoms with Crippen LogP contribution in [-0.4, -0.2) is 72.0 Å². The van der Waals surface area contributed by atoms with Crippen molar-refractivity contribution in [2.24, 2.45) is 0 Å². The fraction of sp³-hybridized carbons (Fsp3) is 0.929. The van der Waals surface area contributed by atoms with Gasteiger partial charge in [0.2, 0.25) is 10.0 Å². The van der Waals surface area contributed by atoms with Crippen LogP contribution in [0.25, 0.3) is 0 Å². The summed E-state index contributed by atoms with van der Waals surface area (Å²) in [4.78, 5) is 14.0. The van der Waals surface area contributed by atoms with Crippen molar-refractivity contribution in [2.45, 2.75) is 57.7 Å². The minimum absolute atomic E-state index is 0.114. The molecule has 8 heteroatoms. The van der Waals surface area contributed by atoms with Crippen LogP contribution < -0.4 is 0 Å². The van der Waals surface area contributed by atoms with Crippen molar-refractivity contribution in [3.63, 3.8) is 0 Å². The zero-order chi connectivity index (χ0) is 16.5. The fourth-order valence-electron chi connectivity index (χ4n) is 2.98. The third kappa shape index (κ3) is 3.91. The molecule has 0 saturated carbocycles. The second kappa shape index (κ2) is 6.33. The van der Waals surface area contributed by atoms with E-state index in [2.05, 4.69) is 0 Å². The van der Waals surface area contributed by atoms with Gasteiger partial charge in [0, 0.05) is 19.1 Å². The lowest BCUT2D eigenvalue weighted by Gasteiger charge is -2.46. The zero-order valence-electron chi connectivity index (χ0n) is 13.5. The third-order valence-corrected chi connectivity index (χ3v) is 6.00. The molecule has 3 atom stereocenters. The molecule has 2 saturated heterocycles. The molecule has 0 aromatic heterocycles. The number of carbonyl (C=O) groups is 1. The summed E-state index contributed by atoms with van der Waals surface area (Å²) in [6.07, 6.45) is 1.66. The summed E-state index contributed by atoms with van der Waals surface area (Å²) < 4.78 is 31.4. The third-order valence-electron chi connectivity index (χ3n) is 4.03. The van der Waals surface area contributed by atoms with Crippen molar-refractivity contribution in [1.29, 1.82) is 0 Å². The molecule has 2 aliphatic heterocycles. The summed E-state index contributed by atoms with van der Waals surface area (Å²) in [5.74, 6) is 0.114. The molecule has 2 aliphatic rings. The van der Waals surface area contributed by atoms with Crippen LogP contribution in [0.3, 0.4) is 0 Å². The number of aliphatic hydroxyl groups excluding tert-OH is 1. The Bertz CT molecular complexity index is 514. The quantitative estimate of drug-likeness (QED) is 0.766. The minimum atomic E-state index is -3.37. The highest BCUT2D eigenvalue weighted by molar-refractivity contribution is 7.89. The van der Waals surface area contributed by atoms with E-state index in [9.17, 15) is 18.3 Å². The lowest BCUT2D eigenvalue weighted by Crippen LogP contribution is -2.63. The number of ether oxygens (including phenoxy) is 1. The molecule has 2 rings (SSSR count). The lowest BCUT2D eigenvalue weighted by molar-refractivity contribution is -0.0103. The molecule has 1 unspecified atom stereocenters. The van der Waals surface area contributed by atoms with Crippen LogP contribution in [0.15, 0.2) is 0 Å². The Labute approximate surface area is 132 Å². The number of amides is 1. The first-order valence-electron chi connectivity index (χ1n) is 7.74. The van der Waals surface area contributed by atoms with Gasteiger partial charge in [0.15, 0.2) is 0 Å².